The highest BCUT2D eigenvalue weighted by Gasteiger charge is 2.16. The lowest BCUT2D eigenvalue weighted by Gasteiger charge is -2.14. The van der Waals surface area contributed by atoms with Crippen molar-refractivity contribution in [2.45, 2.75) is 0 Å². The van der Waals surface area contributed by atoms with E-state index in [4.69, 9.17) is 19.9 Å². The van der Waals surface area contributed by atoms with Crippen LogP contribution in [0.2, 0.25) is 0 Å². The van der Waals surface area contributed by atoms with Gasteiger partial charge in [-0.3, -0.25) is 4.79 Å². The Morgan fingerprint density at radius 1 is 1.19 bits per heavy atom. The highest BCUT2D eigenvalue weighted by molar-refractivity contribution is 7.13. The number of aromatic nitrogens is 1. The van der Waals surface area contributed by atoms with Crippen molar-refractivity contribution in [2.24, 2.45) is 0 Å². The molecular formula is C13H15N3O4S. The lowest BCUT2D eigenvalue weighted by Crippen LogP contribution is -2.12. The van der Waals surface area contributed by atoms with Crippen molar-refractivity contribution >= 4 is 28.1 Å². The molecule has 21 heavy (non-hydrogen) atoms. The third-order valence-electron chi connectivity index (χ3n) is 2.68. The lowest BCUT2D eigenvalue weighted by atomic mass is 10.2. The number of hydrogen-bond acceptors (Lipinski definition) is 7. The van der Waals surface area contributed by atoms with Crippen LogP contribution < -0.4 is 25.3 Å². The molecule has 8 heteroatoms. The molecule has 0 unspecified atom stereocenters. The number of hydrogen-bond donors (Lipinski definition) is 2. The quantitative estimate of drug-likeness (QED) is 0.877. The Labute approximate surface area is 125 Å². The molecule has 1 aromatic heterocycles. The summed E-state index contributed by atoms with van der Waals surface area (Å²) in [6, 6.07) is 3.27. The minimum atomic E-state index is -0.364. The number of carbonyl (C=O) groups excluding carboxylic acids is 1. The highest BCUT2D eigenvalue weighted by Crippen LogP contribution is 2.40. The van der Waals surface area contributed by atoms with E-state index in [2.05, 4.69) is 10.3 Å². The van der Waals surface area contributed by atoms with Crippen molar-refractivity contribution < 1.29 is 19.0 Å². The summed E-state index contributed by atoms with van der Waals surface area (Å²) in [6.07, 6.45) is 0. The van der Waals surface area contributed by atoms with Gasteiger partial charge in [0.15, 0.2) is 16.6 Å². The smallest absolute Gasteiger partial charge is 0.275 e. The van der Waals surface area contributed by atoms with Crippen LogP contribution in [0, 0.1) is 0 Å². The van der Waals surface area contributed by atoms with Gasteiger partial charge in [-0.05, 0) is 0 Å². The molecule has 112 valence electrons. The van der Waals surface area contributed by atoms with Crippen molar-refractivity contribution in [3.63, 3.8) is 0 Å². The van der Waals surface area contributed by atoms with E-state index in [-0.39, 0.29) is 11.6 Å². The Morgan fingerprint density at radius 2 is 1.81 bits per heavy atom. The molecule has 1 heterocycles. The normalized spacial score (nSPS) is 10.0. The molecule has 0 saturated heterocycles. The van der Waals surface area contributed by atoms with E-state index in [1.165, 1.54) is 32.7 Å². The molecule has 0 fully saturated rings. The molecule has 1 amide bonds. The van der Waals surface area contributed by atoms with E-state index >= 15 is 0 Å². The number of thiazole rings is 1. The summed E-state index contributed by atoms with van der Waals surface area (Å²) >= 11 is 1.20. The van der Waals surface area contributed by atoms with Crippen LogP contribution in [0.4, 0.5) is 10.8 Å². The summed E-state index contributed by atoms with van der Waals surface area (Å²) in [5.74, 6) is 0.989. The van der Waals surface area contributed by atoms with Crippen LogP contribution in [-0.2, 0) is 0 Å². The SMILES string of the molecule is COc1cc(NC(=O)c2csc(N)n2)cc(OC)c1OC. The number of nitrogen functional groups attached to an aromatic ring is 1. The molecule has 3 N–H and O–H groups in total. The predicted molar refractivity (Wildman–Crippen MR) is 80.6 cm³/mol. The predicted octanol–water partition coefficient (Wildman–Crippen LogP) is 2.00. The van der Waals surface area contributed by atoms with Gasteiger partial charge in [-0.1, -0.05) is 0 Å². The zero-order chi connectivity index (χ0) is 15.4. The molecule has 0 atom stereocenters. The number of nitrogens with two attached hydrogens (primary N) is 1. The average molecular weight is 309 g/mol. The number of nitrogens with one attached hydrogen (secondary N) is 1. The van der Waals surface area contributed by atoms with E-state index in [9.17, 15) is 4.79 Å². The maximum atomic E-state index is 12.0. The van der Waals surface area contributed by atoms with E-state index in [1.807, 2.05) is 0 Å². The van der Waals surface area contributed by atoms with Gasteiger partial charge >= 0.3 is 0 Å². The Bertz CT molecular complexity index is 632. The minimum Gasteiger partial charge on any atom is -0.493 e. The van der Waals surface area contributed by atoms with Crippen LogP contribution in [0.1, 0.15) is 10.5 Å². The number of amides is 1. The fourth-order valence-electron chi connectivity index (χ4n) is 1.74. The molecular weight excluding hydrogens is 294 g/mol. The van der Waals surface area contributed by atoms with Gasteiger partial charge in [0, 0.05) is 23.2 Å². The van der Waals surface area contributed by atoms with E-state index in [0.29, 0.717) is 28.1 Å². The second kappa shape index (κ2) is 6.31. The minimum absolute atomic E-state index is 0.256. The summed E-state index contributed by atoms with van der Waals surface area (Å²) in [7, 11) is 4.52. The number of carbonyl (C=O) groups is 1. The summed E-state index contributed by atoms with van der Waals surface area (Å²) in [5, 5.41) is 4.63. The summed E-state index contributed by atoms with van der Waals surface area (Å²) in [4.78, 5) is 16.0. The second-order valence-electron chi connectivity index (χ2n) is 3.94. The Morgan fingerprint density at radius 3 is 2.24 bits per heavy atom. The van der Waals surface area contributed by atoms with Gasteiger partial charge in [0.2, 0.25) is 5.75 Å². The maximum absolute atomic E-state index is 12.0. The Kier molecular flexibility index (Phi) is 4.49. The van der Waals surface area contributed by atoms with Crippen molar-refractivity contribution in [1.29, 1.82) is 0 Å². The van der Waals surface area contributed by atoms with Gasteiger partial charge in [-0.2, -0.15) is 0 Å². The number of rotatable bonds is 5. The highest BCUT2D eigenvalue weighted by atomic mass is 32.1. The Balaban J connectivity index is 2.29. The first-order valence-electron chi connectivity index (χ1n) is 5.91. The maximum Gasteiger partial charge on any atom is 0.275 e. The molecule has 7 nitrogen and oxygen atoms in total. The van der Waals surface area contributed by atoms with Crippen molar-refractivity contribution in [2.75, 3.05) is 32.4 Å². The summed E-state index contributed by atoms with van der Waals surface area (Å²) in [6.45, 7) is 0. The van der Waals surface area contributed by atoms with Gasteiger partial charge < -0.3 is 25.3 Å². The molecule has 0 spiro atoms. The molecule has 0 radical (unpaired) electrons. The van der Waals surface area contributed by atoms with Crippen LogP contribution in [0.25, 0.3) is 0 Å². The van der Waals surface area contributed by atoms with Crippen LogP contribution in [0.5, 0.6) is 17.2 Å². The molecule has 0 bridgehead atoms. The van der Waals surface area contributed by atoms with Crippen LogP contribution in [0.3, 0.4) is 0 Å². The molecule has 0 aliphatic carbocycles. The third-order valence-corrected chi connectivity index (χ3v) is 3.35. The first-order valence-corrected chi connectivity index (χ1v) is 6.79. The number of ether oxygens (including phenoxy) is 3. The van der Waals surface area contributed by atoms with Crippen LogP contribution in [0.15, 0.2) is 17.5 Å². The van der Waals surface area contributed by atoms with Crippen LogP contribution in [-0.4, -0.2) is 32.2 Å². The number of nitrogens with zero attached hydrogens (tertiary/aromatic N) is 1. The number of anilines is 2. The lowest BCUT2D eigenvalue weighted by molar-refractivity contribution is 0.102. The zero-order valence-electron chi connectivity index (χ0n) is 11.8. The molecule has 0 saturated carbocycles. The number of benzene rings is 1. The first kappa shape index (κ1) is 14.9. The second-order valence-corrected chi connectivity index (χ2v) is 4.83. The molecule has 0 aliphatic heterocycles. The third kappa shape index (κ3) is 3.16. The fraction of sp³-hybridized carbons (Fsp3) is 0.231. The van der Waals surface area contributed by atoms with Gasteiger partial charge in [-0.15, -0.1) is 11.3 Å². The first-order chi connectivity index (χ1) is 10.1. The van der Waals surface area contributed by atoms with E-state index in [1.54, 1.807) is 17.5 Å². The molecule has 1 aromatic carbocycles. The van der Waals surface area contributed by atoms with Crippen molar-refractivity contribution in [3.05, 3.63) is 23.2 Å². The van der Waals surface area contributed by atoms with Crippen molar-refractivity contribution in [3.8, 4) is 17.2 Å². The van der Waals surface area contributed by atoms with Gasteiger partial charge in [-0.25, -0.2) is 4.98 Å². The molecule has 2 aromatic rings. The molecule has 2 rings (SSSR count). The standard InChI is InChI=1S/C13H15N3O4S/c1-18-9-4-7(5-10(19-2)11(9)20-3)15-12(17)8-6-21-13(14)16-8/h4-6H,1-3H3,(H2,14,16)(H,15,17). The van der Waals surface area contributed by atoms with E-state index in [0.717, 1.165) is 0 Å². The zero-order valence-corrected chi connectivity index (χ0v) is 12.6. The fourth-order valence-corrected chi connectivity index (χ4v) is 2.28. The topological polar surface area (TPSA) is 95.7 Å². The Hall–Kier alpha value is -2.48. The average Bonchev–Trinajstić information content (AvgIpc) is 2.92. The summed E-state index contributed by atoms with van der Waals surface area (Å²) < 4.78 is 15.7. The van der Waals surface area contributed by atoms with Gasteiger partial charge in [0.1, 0.15) is 5.69 Å². The van der Waals surface area contributed by atoms with Crippen LogP contribution >= 0.6 is 11.3 Å². The number of methoxy groups -OCH3 is 3. The van der Waals surface area contributed by atoms with Gasteiger partial charge in [0.05, 0.1) is 21.3 Å². The van der Waals surface area contributed by atoms with Gasteiger partial charge in [0.25, 0.3) is 5.91 Å². The molecule has 0 aliphatic rings. The van der Waals surface area contributed by atoms with E-state index < -0.39 is 0 Å². The van der Waals surface area contributed by atoms with Crippen molar-refractivity contribution in [1.82, 2.24) is 4.98 Å². The summed E-state index contributed by atoms with van der Waals surface area (Å²) in [5.41, 5.74) is 6.27. The largest absolute Gasteiger partial charge is 0.493 e. The monoisotopic (exact) mass is 309 g/mol.